The van der Waals surface area contributed by atoms with Gasteiger partial charge in [0.1, 0.15) is 0 Å². The molecule has 1 N–H and O–H groups in total. The number of halogens is 2. The summed E-state index contributed by atoms with van der Waals surface area (Å²) in [6, 6.07) is 5.34. The molecule has 1 aromatic rings. The molecule has 1 fully saturated rings. The Morgan fingerprint density at radius 1 is 1.40 bits per heavy atom. The molecule has 0 saturated carbocycles. The Morgan fingerprint density at radius 2 is 2.05 bits per heavy atom. The lowest BCUT2D eigenvalue weighted by molar-refractivity contribution is -0.141. The summed E-state index contributed by atoms with van der Waals surface area (Å²) in [7, 11) is 0. The van der Waals surface area contributed by atoms with Gasteiger partial charge in [-0.25, -0.2) is 0 Å². The van der Waals surface area contributed by atoms with Gasteiger partial charge in [-0.2, -0.15) is 0 Å². The van der Waals surface area contributed by atoms with Crippen LogP contribution >= 0.6 is 23.2 Å². The van der Waals surface area contributed by atoms with Crippen LogP contribution in [0.15, 0.2) is 18.2 Å². The molecule has 1 heterocycles. The number of benzene rings is 1. The first-order valence-electron chi connectivity index (χ1n) is 6.44. The monoisotopic (exact) mass is 317 g/mol. The van der Waals surface area contributed by atoms with Crippen molar-refractivity contribution in [2.45, 2.75) is 18.9 Å². The lowest BCUT2D eigenvalue weighted by Crippen LogP contribution is -2.50. The van der Waals surface area contributed by atoms with E-state index in [2.05, 4.69) is 4.90 Å². The highest BCUT2D eigenvalue weighted by Crippen LogP contribution is 2.39. The molecule has 1 aliphatic rings. The first kappa shape index (κ1) is 15.6. The van der Waals surface area contributed by atoms with E-state index in [0.29, 0.717) is 36.3 Å². The minimum atomic E-state index is -0.866. The SMILES string of the molecule is CC(CC(=O)O)(c1cccc(Cl)c1Cl)N1CCOCC1. The van der Waals surface area contributed by atoms with Gasteiger partial charge < -0.3 is 9.84 Å². The van der Waals surface area contributed by atoms with Gasteiger partial charge in [0.15, 0.2) is 0 Å². The molecule has 2 rings (SSSR count). The molecule has 0 aromatic heterocycles. The highest BCUT2D eigenvalue weighted by molar-refractivity contribution is 6.42. The maximum absolute atomic E-state index is 11.3. The van der Waals surface area contributed by atoms with Crippen LogP contribution in [0.2, 0.25) is 10.0 Å². The Labute approximate surface area is 128 Å². The molecular formula is C14H17Cl2NO3. The number of nitrogens with zero attached hydrogens (tertiary/aromatic N) is 1. The van der Waals surface area contributed by atoms with Crippen LogP contribution in [-0.2, 0) is 15.1 Å². The van der Waals surface area contributed by atoms with Crippen molar-refractivity contribution in [3.63, 3.8) is 0 Å². The molecule has 110 valence electrons. The molecule has 0 bridgehead atoms. The van der Waals surface area contributed by atoms with Crippen molar-refractivity contribution in [1.82, 2.24) is 4.90 Å². The molecule has 6 heteroatoms. The van der Waals surface area contributed by atoms with Crippen LogP contribution in [0.5, 0.6) is 0 Å². The highest BCUT2D eigenvalue weighted by Gasteiger charge is 2.38. The minimum Gasteiger partial charge on any atom is -0.481 e. The van der Waals surface area contributed by atoms with E-state index in [-0.39, 0.29) is 6.42 Å². The van der Waals surface area contributed by atoms with Gasteiger partial charge in [0.2, 0.25) is 0 Å². The topological polar surface area (TPSA) is 49.8 Å². The fourth-order valence-corrected chi connectivity index (χ4v) is 3.15. The fourth-order valence-electron chi connectivity index (χ4n) is 2.65. The smallest absolute Gasteiger partial charge is 0.305 e. The van der Waals surface area contributed by atoms with Crippen LogP contribution in [0, 0.1) is 0 Å². The number of rotatable bonds is 4. The number of carboxylic acid groups (broad SMARTS) is 1. The first-order valence-corrected chi connectivity index (χ1v) is 7.20. The lowest BCUT2D eigenvalue weighted by atomic mass is 9.86. The second kappa shape index (κ2) is 6.31. The van der Waals surface area contributed by atoms with Crippen LogP contribution in [0.3, 0.4) is 0 Å². The number of carboxylic acids is 1. The molecule has 4 nitrogen and oxygen atoms in total. The van der Waals surface area contributed by atoms with Gasteiger partial charge in [-0.05, 0) is 18.6 Å². The Morgan fingerprint density at radius 3 is 2.65 bits per heavy atom. The summed E-state index contributed by atoms with van der Waals surface area (Å²) in [5.74, 6) is -0.866. The second-order valence-electron chi connectivity index (χ2n) is 5.05. The van der Waals surface area contributed by atoms with Gasteiger partial charge in [0, 0.05) is 13.1 Å². The van der Waals surface area contributed by atoms with Crippen molar-refractivity contribution < 1.29 is 14.6 Å². The predicted octanol–water partition coefficient (Wildman–Crippen LogP) is 3.02. The van der Waals surface area contributed by atoms with Crippen molar-refractivity contribution in [3.8, 4) is 0 Å². The van der Waals surface area contributed by atoms with Crippen molar-refractivity contribution in [2.24, 2.45) is 0 Å². The zero-order chi connectivity index (χ0) is 14.8. The molecule has 1 saturated heterocycles. The molecular weight excluding hydrogens is 301 g/mol. The van der Waals surface area contributed by atoms with E-state index < -0.39 is 11.5 Å². The van der Waals surface area contributed by atoms with Crippen molar-refractivity contribution in [1.29, 1.82) is 0 Å². The Bertz CT molecular complexity index is 503. The summed E-state index contributed by atoms with van der Waals surface area (Å²) in [5, 5.41) is 10.1. The van der Waals surface area contributed by atoms with Crippen LogP contribution in [0.4, 0.5) is 0 Å². The average Bonchev–Trinajstić information content (AvgIpc) is 2.42. The van der Waals surface area contributed by atoms with E-state index in [4.69, 9.17) is 27.9 Å². The molecule has 20 heavy (non-hydrogen) atoms. The number of hydrogen-bond acceptors (Lipinski definition) is 3. The van der Waals surface area contributed by atoms with E-state index in [0.717, 1.165) is 5.56 Å². The first-order chi connectivity index (χ1) is 9.45. The number of aliphatic carboxylic acids is 1. The molecule has 0 aliphatic carbocycles. The molecule has 1 atom stereocenters. The van der Waals surface area contributed by atoms with E-state index in [1.165, 1.54) is 0 Å². The number of ether oxygens (including phenoxy) is 1. The zero-order valence-corrected chi connectivity index (χ0v) is 12.7. The zero-order valence-electron chi connectivity index (χ0n) is 11.2. The third kappa shape index (κ3) is 3.09. The summed E-state index contributed by atoms with van der Waals surface area (Å²) >= 11 is 12.4. The molecule has 0 spiro atoms. The third-order valence-corrected chi connectivity index (χ3v) is 4.56. The molecule has 1 aromatic carbocycles. The number of carbonyl (C=O) groups is 1. The van der Waals surface area contributed by atoms with Crippen molar-refractivity contribution in [2.75, 3.05) is 26.3 Å². The van der Waals surface area contributed by atoms with Gasteiger partial charge in [-0.3, -0.25) is 9.69 Å². The Hall–Kier alpha value is -0.810. The van der Waals surface area contributed by atoms with Crippen LogP contribution in [-0.4, -0.2) is 42.3 Å². The van der Waals surface area contributed by atoms with Crippen molar-refractivity contribution >= 4 is 29.2 Å². The second-order valence-corrected chi connectivity index (χ2v) is 5.83. The normalized spacial score (nSPS) is 19.6. The predicted molar refractivity (Wildman–Crippen MR) is 78.5 cm³/mol. The van der Waals surface area contributed by atoms with E-state index in [9.17, 15) is 9.90 Å². The van der Waals surface area contributed by atoms with Crippen LogP contribution in [0.25, 0.3) is 0 Å². The number of hydrogen-bond donors (Lipinski definition) is 1. The van der Waals surface area contributed by atoms with E-state index >= 15 is 0 Å². The van der Waals surface area contributed by atoms with Crippen LogP contribution in [0.1, 0.15) is 18.9 Å². The molecule has 0 amide bonds. The fraction of sp³-hybridized carbons (Fsp3) is 0.500. The lowest BCUT2D eigenvalue weighted by Gasteiger charge is -2.43. The Kier molecular flexibility index (Phi) is 4.91. The largest absolute Gasteiger partial charge is 0.481 e. The molecule has 1 unspecified atom stereocenters. The quantitative estimate of drug-likeness (QED) is 0.927. The molecule has 0 radical (unpaired) electrons. The van der Waals surface area contributed by atoms with Crippen LogP contribution < -0.4 is 0 Å². The standard InChI is InChI=1S/C14H17Cl2NO3/c1-14(9-12(18)19,17-5-7-20-8-6-17)10-3-2-4-11(15)13(10)16/h2-4H,5-9H2,1H3,(H,18,19). The van der Waals surface area contributed by atoms with Gasteiger partial charge in [0.05, 0.1) is 35.2 Å². The Balaban J connectivity index is 2.44. The van der Waals surface area contributed by atoms with Gasteiger partial charge in [0.25, 0.3) is 0 Å². The van der Waals surface area contributed by atoms with Gasteiger partial charge in [-0.1, -0.05) is 35.3 Å². The minimum absolute atomic E-state index is 0.0347. The average molecular weight is 318 g/mol. The third-order valence-electron chi connectivity index (χ3n) is 3.74. The highest BCUT2D eigenvalue weighted by atomic mass is 35.5. The summed E-state index contributed by atoms with van der Waals surface area (Å²) < 4.78 is 5.34. The maximum Gasteiger partial charge on any atom is 0.305 e. The number of morpholine rings is 1. The van der Waals surface area contributed by atoms with Gasteiger partial charge in [-0.15, -0.1) is 0 Å². The molecule has 1 aliphatic heterocycles. The maximum atomic E-state index is 11.3. The van der Waals surface area contributed by atoms with E-state index in [1.54, 1.807) is 12.1 Å². The summed E-state index contributed by atoms with van der Waals surface area (Å²) in [6.07, 6.45) is -0.0347. The van der Waals surface area contributed by atoms with Gasteiger partial charge >= 0.3 is 5.97 Å². The summed E-state index contributed by atoms with van der Waals surface area (Å²) in [6.45, 7) is 4.42. The van der Waals surface area contributed by atoms with Crippen molar-refractivity contribution in [3.05, 3.63) is 33.8 Å². The van der Waals surface area contributed by atoms with E-state index in [1.807, 2.05) is 13.0 Å². The summed E-state index contributed by atoms with van der Waals surface area (Å²) in [4.78, 5) is 13.4. The summed E-state index contributed by atoms with van der Waals surface area (Å²) in [5.41, 5.74) is 0.0494.